The SMILES string of the molecule is COC1(NC(=O)[C@@H](C)NC(=O)OCc2ccccc2)CN(S(=O)(=O)O)C1=O. The third-order valence-corrected chi connectivity index (χ3v) is 4.68. The zero-order chi connectivity index (χ0) is 20.2. The molecule has 12 heteroatoms. The Morgan fingerprint density at radius 3 is 2.48 bits per heavy atom. The van der Waals surface area contributed by atoms with Gasteiger partial charge in [0.1, 0.15) is 12.6 Å². The maximum Gasteiger partial charge on any atom is 0.408 e. The lowest BCUT2D eigenvalue weighted by molar-refractivity contribution is -0.180. The molecule has 11 nitrogen and oxygen atoms in total. The van der Waals surface area contributed by atoms with Crippen LogP contribution in [0.25, 0.3) is 0 Å². The minimum atomic E-state index is -4.74. The first-order valence-corrected chi connectivity index (χ1v) is 9.13. The van der Waals surface area contributed by atoms with Gasteiger partial charge in [0.05, 0.1) is 6.54 Å². The zero-order valence-electron chi connectivity index (χ0n) is 14.5. The van der Waals surface area contributed by atoms with Crippen molar-refractivity contribution in [3.05, 3.63) is 35.9 Å². The Bertz CT molecular complexity index is 829. The highest BCUT2D eigenvalue weighted by molar-refractivity contribution is 7.84. The molecule has 0 spiro atoms. The summed E-state index contributed by atoms with van der Waals surface area (Å²) in [6, 6.07) is 7.79. The largest absolute Gasteiger partial charge is 0.445 e. The second-order valence-electron chi connectivity index (χ2n) is 5.74. The fourth-order valence-corrected chi connectivity index (χ4v) is 2.95. The summed E-state index contributed by atoms with van der Waals surface area (Å²) in [5, 5.41) is 4.49. The van der Waals surface area contributed by atoms with E-state index in [1.54, 1.807) is 24.3 Å². The maximum atomic E-state index is 12.2. The summed E-state index contributed by atoms with van der Waals surface area (Å²) >= 11 is 0. The lowest BCUT2D eigenvalue weighted by Crippen LogP contribution is -2.76. The molecule has 1 unspecified atom stereocenters. The van der Waals surface area contributed by atoms with Gasteiger partial charge in [-0.25, -0.2) is 9.10 Å². The van der Waals surface area contributed by atoms with Crippen molar-refractivity contribution < 1.29 is 36.8 Å². The molecule has 1 saturated heterocycles. The number of rotatable bonds is 7. The first kappa shape index (κ1) is 20.6. The number of amides is 3. The molecular formula is C15H19N3O8S. The van der Waals surface area contributed by atoms with Crippen molar-refractivity contribution in [3.8, 4) is 0 Å². The van der Waals surface area contributed by atoms with Crippen LogP contribution in [0.15, 0.2) is 30.3 Å². The van der Waals surface area contributed by atoms with Crippen LogP contribution < -0.4 is 10.6 Å². The average molecular weight is 401 g/mol. The van der Waals surface area contributed by atoms with Gasteiger partial charge in [-0.1, -0.05) is 30.3 Å². The van der Waals surface area contributed by atoms with Crippen LogP contribution in [0.3, 0.4) is 0 Å². The molecule has 0 saturated carbocycles. The summed E-state index contributed by atoms with van der Waals surface area (Å²) in [5.74, 6) is -1.96. The first-order chi connectivity index (χ1) is 12.6. The van der Waals surface area contributed by atoms with Gasteiger partial charge in [0.15, 0.2) is 0 Å². The van der Waals surface area contributed by atoms with Crippen molar-refractivity contribution in [2.75, 3.05) is 13.7 Å². The van der Waals surface area contributed by atoms with Crippen molar-refractivity contribution in [2.45, 2.75) is 25.3 Å². The molecule has 27 heavy (non-hydrogen) atoms. The normalized spacial score (nSPS) is 20.4. The van der Waals surface area contributed by atoms with E-state index >= 15 is 0 Å². The summed E-state index contributed by atoms with van der Waals surface area (Å²) in [5.41, 5.74) is -1.18. The number of β-lactam (4-membered cyclic amide) rings is 1. The number of benzene rings is 1. The molecule has 1 heterocycles. The van der Waals surface area contributed by atoms with Gasteiger partial charge in [-0.15, -0.1) is 0 Å². The molecule has 1 aliphatic heterocycles. The molecule has 1 fully saturated rings. The standard InChI is InChI=1S/C15H19N3O8S/c1-10(16-14(21)26-8-11-6-4-3-5-7-11)12(19)17-15(25-2)9-18(13(15)20)27(22,23)24/h3-7,10H,8-9H2,1-2H3,(H,16,21)(H,17,19)(H,22,23,24)/t10-,15?/m1/s1. The topological polar surface area (TPSA) is 151 Å². The number of ether oxygens (including phenoxy) is 2. The van der Waals surface area contributed by atoms with Gasteiger partial charge in [-0.2, -0.15) is 8.42 Å². The summed E-state index contributed by atoms with van der Waals surface area (Å²) < 4.78 is 40.9. The predicted molar refractivity (Wildman–Crippen MR) is 90.4 cm³/mol. The number of carbonyl (C=O) groups is 3. The second-order valence-corrected chi connectivity index (χ2v) is 7.07. The Hall–Kier alpha value is -2.70. The molecule has 0 bridgehead atoms. The van der Waals surface area contributed by atoms with Crippen LogP contribution in [-0.4, -0.2) is 60.6 Å². The molecule has 0 aromatic heterocycles. The van der Waals surface area contributed by atoms with Crippen molar-refractivity contribution in [1.82, 2.24) is 14.9 Å². The minimum Gasteiger partial charge on any atom is -0.445 e. The van der Waals surface area contributed by atoms with Crippen LogP contribution in [0, 0.1) is 0 Å². The molecule has 3 N–H and O–H groups in total. The smallest absolute Gasteiger partial charge is 0.408 e. The molecule has 0 radical (unpaired) electrons. The number of methoxy groups -OCH3 is 1. The number of hydrogen-bond acceptors (Lipinski definition) is 7. The van der Waals surface area contributed by atoms with E-state index in [1.165, 1.54) is 6.92 Å². The highest BCUT2D eigenvalue weighted by atomic mass is 32.2. The van der Waals surface area contributed by atoms with E-state index in [4.69, 9.17) is 14.0 Å². The minimum absolute atomic E-state index is 0.00479. The number of hydrogen-bond donors (Lipinski definition) is 3. The van der Waals surface area contributed by atoms with Crippen LogP contribution in [0.5, 0.6) is 0 Å². The Balaban J connectivity index is 1.87. The predicted octanol–water partition coefficient (Wildman–Crippen LogP) is -0.595. The van der Waals surface area contributed by atoms with Crippen LogP contribution in [0.4, 0.5) is 4.79 Å². The van der Waals surface area contributed by atoms with E-state index in [2.05, 4.69) is 10.6 Å². The van der Waals surface area contributed by atoms with E-state index in [1.807, 2.05) is 6.07 Å². The van der Waals surface area contributed by atoms with Crippen LogP contribution >= 0.6 is 0 Å². The summed E-state index contributed by atoms with van der Waals surface area (Å²) in [6.45, 7) is 0.745. The Morgan fingerprint density at radius 1 is 1.33 bits per heavy atom. The summed E-state index contributed by atoms with van der Waals surface area (Å²) in [6.07, 6.45) is -0.854. The second kappa shape index (κ2) is 7.90. The third kappa shape index (κ3) is 4.72. The van der Waals surface area contributed by atoms with E-state index < -0.39 is 46.5 Å². The van der Waals surface area contributed by atoms with E-state index in [-0.39, 0.29) is 10.9 Å². The van der Waals surface area contributed by atoms with Gasteiger partial charge in [0.25, 0.3) is 5.91 Å². The van der Waals surface area contributed by atoms with Crippen molar-refractivity contribution >= 4 is 28.2 Å². The monoisotopic (exact) mass is 401 g/mol. The van der Waals surface area contributed by atoms with Gasteiger partial charge < -0.3 is 20.1 Å². The molecule has 2 rings (SSSR count). The molecule has 1 aliphatic rings. The quantitative estimate of drug-likeness (QED) is 0.311. The molecular weight excluding hydrogens is 382 g/mol. The van der Waals surface area contributed by atoms with Crippen LogP contribution in [-0.2, 0) is 36.0 Å². The van der Waals surface area contributed by atoms with Gasteiger partial charge in [-0.05, 0) is 12.5 Å². The van der Waals surface area contributed by atoms with Crippen molar-refractivity contribution in [1.29, 1.82) is 0 Å². The van der Waals surface area contributed by atoms with Gasteiger partial charge in [0, 0.05) is 7.11 Å². The number of carbonyl (C=O) groups excluding carboxylic acids is 3. The molecule has 3 amide bonds. The maximum absolute atomic E-state index is 12.2. The summed E-state index contributed by atoms with van der Waals surface area (Å²) in [7, 11) is -3.65. The van der Waals surface area contributed by atoms with Gasteiger partial charge in [-0.3, -0.25) is 14.1 Å². The zero-order valence-corrected chi connectivity index (χ0v) is 15.4. The van der Waals surface area contributed by atoms with E-state index in [0.29, 0.717) is 0 Å². The van der Waals surface area contributed by atoms with E-state index in [0.717, 1.165) is 12.7 Å². The molecule has 148 valence electrons. The Morgan fingerprint density at radius 2 is 1.96 bits per heavy atom. The van der Waals surface area contributed by atoms with Crippen molar-refractivity contribution in [3.63, 3.8) is 0 Å². The number of nitrogens with zero attached hydrogens (tertiary/aromatic N) is 1. The highest BCUT2D eigenvalue weighted by Crippen LogP contribution is 2.26. The molecule has 1 aromatic carbocycles. The van der Waals surface area contributed by atoms with E-state index in [9.17, 15) is 22.8 Å². The number of nitrogens with one attached hydrogen (secondary N) is 2. The van der Waals surface area contributed by atoms with Crippen LogP contribution in [0.2, 0.25) is 0 Å². The molecule has 0 aliphatic carbocycles. The fraction of sp³-hybridized carbons (Fsp3) is 0.400. The Labute approximate surface area is 155 Å². The summed E-state index contributed by atoms with van der Waals surface area (Å²) in [4.78, 5) is 35.9. The third-order valence-electron chi connectivity index (χ3n) is 3.83. The molecule has 1 aromatic rings. The highest BCUT2D eigenvalue weighted by Gasteiger charge is 2.59. The average Bonchev–Trinajstić information content (AvgIpc) is 2.62. The number of alkyl carbamates (subject to hydrolysis) is 1. The van der Waals surface area contributed by atoms with Gasteiger partial charge >= 0.3 is 16.4 Å². The van der Waals surface area contributed by atoms with Gasteiger partial charge in [0.2, 0.25) is 11.6 Å². The lowest BCUT2D eigenvalue weighted by atomic mass is 10.1. The first-order valence-electron chi connectivity index (χ1n) is 7.73. The lowest BCUT2D eigenvalue weighted by Gasteiger charge is -2.45. The van der Waals surface area contributed by atoms with Crippen LogP contribution in [0.1, 0.15) is 12.5 Å². The Kier molecular flexibility index (Phi) is 6.03. The van der Waals surface area contributed by atoms with Crippen molar-refractivity contribution in [2.24, 2.45) is 0 Å². The fourth-order valence-electron chi connectivity index (χ4n) is 2.25. The molecule has 2 atom stereocenters.